The minimum atomic E-state index is -0.334. The van der Waals surface area contributed by atoms with Crippen LogP contribution in [-0.2, 0) is 11.3 Å². The van der Waals surface area contributed by atoms with Crippen molar-refractivity contribution < 1.29 is 18.4 Å². The van der Waals surface area contributed by atoms with Gasteiger partial charge in [-0.15, -0.1) is 0 Å². The van der Waals surface area contributed by atoms with E-state index in [4.69, 9.17) is 20.9 Å². The molecular weight excluding hydrogens is 399 g/mol. The number of aryl methyl sites for hydroxylation is 1. The maximum Gasteiger partial charge on any atom is 0.241 e. The Kier molecular flexibility index (Phi) is 6.46. The molecule has 3 rings (SSSR count). The van der Waals surface area contributed by atoms with Crippen LogP contribution in [0.15, 0.2) is 40.9 Å². The Morgan fingerprint density at radius 1 is 1.31 bits per heavy atom. The summed E-state index contributed by atoms with van der Waals surface area (Å²) >= 11 is 5.97. The Labute approximate surface area is 172 Å². The molecule has 3 aromatic rings. The van der Waals surface area contributed by atoms with E-state index in [9.17, 15) is 9.18 Å². The number of likely N-dealkylation sites (N-methyl/N-ethyl adjacent to an activating group) is 1. The molecule has 29 heavy (non-hydrogen) atoms. The molecule has 0 saturated carbocycles. The predicted octanol–water partition coefficient (Wildman–Crippen LogP) is 3.92. The first-order chi connectivity index (χ1) is 13.9. The van der Waals surface area contributed by atoms with Crippen molar-refractivity contribution >= 4 is 23.2 Å². The van der Waals surface area contributed by atoms with E-state index in [0.29, 0.717) is 39.3 Å². The highest BCUT2D eigenvalue weighted by Crippen LogP contribution is 2.27. The molecule has 0 aliphatic carbocycles. The van der Waals surface area contributed by atoms with Crippen LogP contribution in [0.4, 0.5) is 10.1 Å². The summed E-state index contributed by atoms with van der Waals surface area (Å²) in [5.74, 6) is 0.529. The van der Waals surface area contributed by atoms with Crippen molar-refractivity contribution in [3.63, 3.8) is 0 Å². The highest BCUT2D eigenvalue weighted by molar-refractivity contribution is 6.31. The molecule has 0 aliphatic rings. The molecule has 1 amide bonds. The number of carbonyl (C=O) groups is 1. The number of amides is 1. The van der Waals surface area contributed by atoms with Gasteiger partial charge in [-0.3, -0.25) is 9.69 Å². The largest absolute Gasteiger partial charge is 0.495 e. The van der Waals surface area contributed by atoms with E-state index < -0.39 is 0 Å². The van der Waals surface area contributed by atoms with Crippen LogP contribution < -0.4 is 10.1 Å². The van der Waals surface area contributed by atoms with Gasteiger partial charge in [-0.1, -0.05) is 28.9 Å². The van der Waals surface area contributed by atoms with Gasteiger partial charge in [0.25, 0.3) is 0 Å². The number of rotatable bonds is 7. The molecule has 0 fully saturated rings. The lowest BCUT2D eigenvalue weighted by molar-refractivity contribution is -0.117. The van der Waals surface area contributed by atoms with Gasteiger partial charge in [0.05, 0.1) is 25.9 Å². The van der Waals surface area contributed by atoms with Gasteiger partial charge in [0.15, 0.2) is 0 Å². The SMILES string of the molecule is COc1ccc(Cl)cc1NC(=O)CN(C)Cc1nc(-c2ccc(C)c(F)c2)no1. The van der Waals surface area contributed by atoms with Crippen LogP contribution in [0.1, 0.15) is 11.5 Å². The summed E-state index contributed by atoms with van der Waals surface area (Å²) in [4.78, 5) is 18.3. The number of nitrogens with zero attached hydrogens (tertiary/aromatic N) is 3. The van der Waals surface area contributed by atoms with Gasteiger partial charge in [-0.05, 0) is 43.8 Å². The lowest BCUT2D eigenvalue weighted by Gasteiger charge is -2.15. The number of anilines is 1. The van der Waals surface area contributed by atoms with Crippen LogP contribution in [0.5, 0.6) is 5.75 Å². The second-order valence-corrected chi connectivity index (χ2v) is 6.98. The second-order valence-electron chi connectivity index (χ2n) is 6.54. The fourth-order valence-electron chi connectivity index (χ4n) is 2.67. The van der Waals surface area contributed by atoms with Crippen molar-refractivity contribution in [1.29, 1.82) is 0 Å². The molecule has 1 aromatic heterocycles. The average molecular weight is 419 g/mol. The fraction of sp³-hybridized carbons (Fsp3) is 0.250. The molecule has 0 bridgehead atoms. The van der Waals surface area contributed by atoms with Gasteiger partial charge in [0, 0.05) is 10.6 Å². The van der Waals surface area contributed by atoms with Crippen molar-refractivity contribution in [2.75, 3.05) is 26.0 Å². The first-order valence-corrected chi connectivity index (χ1v) is 9.14. The quantitative estimate of drug-likeness (QED) is 0.626. The zero-order chi connectivity index (χ0) is 21.0. The zero-order valence-corrected chi connectivity index (χ0v) is 17.0. The summed E-state index contributed by atoms with van der Waals surface area (Å²) in [6, 6.07) is 9.71. The Hall–Kier alpha value is -2.97. The van der Waals surface area contributed by atoms with Gasteiger partial charge in [-0.25, -0.2) is 4.39 Å². The third-order valence-electron chi connectivity index (χ3n) is 4.15. The molecule has 1 heterocycles. The molecule has 1 N–H and O–H groups in total. The third-order valence-corrected chi connectivity index (χ3v) is 4.39. The number of methoxy groups -OCH3 is 1. The van der Waals surface area contributed by atoms with Crippen molar-refractivity contribution in [1.82, 2.24) is 15.0 Å². The lowest BCUT2D eigenvalue weighted by Crippen LogP contribution is -2.30. The molecule has 0 atom stereocenters. The molecule has 7 nitrogen and oxygen atoms in total. The van der Waals surface area contributed by atoms with Crippen LogP contribution >= 0.6 is 11.6 Å². The number of benzene rings is 2. The minimum Gasteiger partial charge on any atom is -0.495 e. The van der Waals surface area contributed by atoms with Gasteiger partial charge >= 0.3 is 0 Å². The predicted molar refractivity (Wildman–Crippen MR) is 107 cm³/mol. The smallest absolute Gasteiger partial charge is 0.241 e. The van der Waals surface area contributed by atoms with Crippen LogP contribution in [-0.4, -0.2) is 41.6 Å². The van der Waals surface area contributed by atoms with E-state index in [1.54, 1.807) is 49.2 Å². The molecule has 0 unspecified atom stereocenters. The van der Waals surface area contributed by atoms with E-state index in [0.717, 1.165) is 0 Å². The number of carbonyl (C=O) groups excluding carboxylic acids is 1. The maximum absolute atomic E-state index is 13.7. The molecular formula is C20H20ClFN4O3. The first kappa shape index (κ1) is 20.8. The standard InChI is InChI=1S/C20H20ClFN4O3/c1-12-4-5-13(8-15(12)22)20-24-19(29-25-20)11-26(2)10-18(27)23-16-9-14(21)6-7-17(16)28-3/h4-9H,10-11H2,1-3H3,(H,23,27). The van der Waals surface area contributed by atoms with E-state index >= 15 is 0 Å². The van der Waals surface area contributed by atoms with Crippen LogP contribution in [0.25, 0.3) is 11.4 Å². The van der Waals surface area contributed by atoms with Crippen molar-refractivity contribution in [2.24, 2.45) is 0 Å². The first-order valence-electron chi connectivity index (χ1n) is 8.76. The van der Waals surface area contributed by atoms with Gasteiger partial charge in [-0.2, -0.15) is 4.98 Å². The van der Waals surface area contributed by atoms with Crippen LogP contribution in [0, 0.1) is 12.7 Å². The number of aromatic nitrogens is 2. The van der Waals surface area contributed by atoms with Crippen molar-refractivity contribution in [2.45, 2.75) is 13.5 Å². The lowest BCUT2D eigenvalue weighted by atomic mass is 10.1. The summed E-state index contributed by atoms with van der Waals surface area (Å²) in [5.41, 5.74) is 1.55. The van der Waals surface area contributed by atoms with E-state index in [1.807, 2.05) is 0 Å². The number of ether oxygens (including phenoxy) is 1. The third kappa shape index (κ3) is 5.30. The Balaban J connectivity index is 1.60. The van der Waals surface area contributed by atoms with Crippen molar-refractivity contribution in [3.8, 4) is 17.1 Å². The summed E-state index contributed by atoms with van der Waals surface area (Å²) in [5, 5.41) is 7.13. The topological polar surface area (TPSA) is 80.5 Å². The van der Waals surface area contributed by atoms with E-state index in [2.05, 4.69) is 15.5 Å². The number of hydrogen-bond acceptors (Lipinski definition) is 6. The highest BCUT2D eigenvalue weighted by Gasteiger charge is 2.15. The fourth-order valence-corrected chi connectivity index (χ4v) is 2.84. The second kappa shape index (κ2) is 9.02. The Bertz CT molecular complexity index is 1020. The highest BCUT2D eigenvalue weighted by atomic mass is 35.5. The maximum atomic E-state index is 13.7. The van der Waals surface area contributed by atoms with E-state index in [1.165, 1.54) is 13.2 Å². The zero-order valence-electron chi connectivity index (χ0n) is 16.2. The number of hydrogen-bond donors (Lipinski definition) is 1. The van der Waals surface area contributed by atoms with Crippen LogP contribution in [0.2, 0.25) is 5.02 Å². The Morgan fingerprint density at radius 2 is 2.10 bits per heavy atom. The van der Waals surface area contributed by atoms with Gasteiger partial charge in [0.2, 0.25) is 17.6 Å². The summed E-state index contributed by atoms with van der Waals surface area (Å²) in [6.07, 6.45) is 0. The van der Waals surface area contributed by atoms with Gasteiger partial charge < -0.3 is 14.6 Å². The van der Waals surface area contributed by atoms with Gasteiger partial charge in [0.1, 0.15) is 11.6 Å². The Morgan fingerprint density at radius 3 is 2.83 bits per heavy atom. The van der Waals surface area contributed by atoms with Crippen LogP contribution in [0.3, 0.4) is 0 Å². The molecule has 2 aromatic carbocycles. The summed E-state index contributed by atoms with van der Waals surface area (Å²) in [7, 11) is 3.25. The van der Waals surface area contributed by atoms with Crippen molar-refractivity contribution in [3.05, 3.63) is 58.7 Å². The van der Waals surface area contributed by atoms with E-state index in [-0.39, 0.29) is 24.8 Å². The number of nitrogens with one attached hydrogen (secondary N) is 1. The molecule has 9 heteroatoms. The summed E-state index contributed by atoms with van der Waals surface area (Å²) < 4.78 is 24.2. The molecule has 0 spiro atoms. The molecule has 0 radical (unpaired) electrons. The normalized spacial score (nSPS) is 11.0. The number of halogens is 2. The molecule has 0 aliphatic heterocycles. The molecule has 152 valence electrons. The molecule has 0 saturated heterocycles. The monoisotopic (exact) mass is 418 g/mol. The average Bonchev–Trinajstić information content (AvgIpc) is 3.12. The minimum absolute atomic E-state index is 0.0759. The summed E-state index contributed by atoms with van der Waals surface area (Å²) in [6.45, 7) is 2.01.